The number of hydrogen-bond acceptors (Lipinski definition) is 4. The maximum Gasteiger partial charge on any atom is 0.0897 e. The Morgan fingerprint density at radius 3 is 2.50 bits per heavy atom. The zero-order chi connectivity index (χ0) is 12.4. The van der Waals surface area contributed by atoms with Crippen molar-refractivity contribution >= 4 is 0 Å². The van der Waals surface area contributed by atoms with E-state index in [2.05, 4.69) is 12.2 Å². The van der Waals surface area contributed by atoms with Crippen LogP contribution in [0, 0.1) is 0 Å². The predicted molar refractivity (Wildman–Crippen MR) is 65.7 cm³/mol. The molecule has 0 aliphatic heterocycles. The van der Waals surface area contributed by atoms with Gasteiger partial charge in [-0.2, -0.15) is 0 Å². The highest BCUT2D eigenvalue weighted by atomic mass is 16.5. The first-order valence-corrected chi connectivity index (χ1v) is 6.06. The van der Waals surface area contributed by atoms with Gasteiger partial charge in [-0.3, -0.25) is 0 Å². The normalized spacial score (nSPS) is 14.1. The van der Waals surface area contributed by atoms with Crippen LogP contribution in [0.15, 0.2) is 0 Å². The third-order valence-electron chi connectivity index (χ3n) is 1.88. The maximum atomic E-state index is 9.51. The molecule has 0 aromatic rings. The Balaban J connectivity index is 3.24. The number of ether oxygens (including phenoxy) is 2. The quantitative estimate of drug-likeness (QED) is 0.587. The molecule has 0 saturated carbocycles. The molecule has 0 aromatic carbocycles. The molecule has 0 fully saturated rings. The van der Waals surface area contributed by atoms with Crippen LogP contribution in [0.3, 0.4) is 0 Å². The molecule has 16 heavy (non-hydrogen) atoms. The second-order valence-corrected chi connectivity index (χ2v) is 4.89. The number of hydrogen-bond donors (Lipinski definition) is 2. The number of aliphatic hydroxyl groups excluding tert-OH is 1. The summed E-state index contributed by atoms with van der Waals surface area (Å²) in [7, 11) is 0. The van der Waals surface area contributed by atoms with Gasteiger partial charge in [-0.1, -0.05) is 6.92 Å². The lowest BCUT2D eigenvalue weighted by molar-refractivity contribution is -0.0470. The van der Waals surface area contributed by atoms with Gasteiger partial charge in [0.15, 0.2) is 0 Å². The summed E-state index contributed by atoms with van der Waals surface area (Å²) in [6, 6.07) is 0. The summed E-state index contributed by atoms with van der Waals surface area (Å²) in [5, 5.41) is 12.6. The molecule has 0 amide bonds. The molecule has 0 saturated heterocycles. The molecule has 1 unspecified atom stereocenters. The number of aliphatic hydroxyl groups is 1. The van der Waals surface area contributed by atoms with Gasteiger partial charge in [-0.15, -0.1) is 0 Å². The van der Waals surface area contributed by atoms with Gasteiger partial charge in [0, 0.05) is 6.54 Å². The minimum Gasteiger partial charge on any atom is -0.389 e. The second-order valence-electron chi connectivity index (χ2n) is 4.89. The highest BCUT2D eigenvalue weighted by molar-refractivity contribution is 4.59. The van der Waals surface area contributed by atoms with Crippen molar-refractivity contribution < 1.29 is 14.6 Å². The average Bonchev–Trinajstić information content (AvgIpc) is 2.16. The van der Waals surface area contributed by atoms with E-state index in [1.54, 1.807) is 0 Å². The lowest BCUT2D eigenvalue weighted by atomic mass is 10.2. The van der Waals surface area contributed by atoms with Crippen molar-refractivity contribution in [3.05, 3.63) is 0 Å². The molecule has 0 rings (SSSR count). The van der Waals surface area contributed by atoms with E-state index in [9.17, 15) is 5.11 Å². The van der Waals surface area contributed by atoms with E-state index in [-0.39, 0.29) is 5.60 Å². The minimum absolute atomic E-state index is 0.120. The van der Waals surface area contributed by atoms with Crippen molar-refractivity contribution in [2.45, 2.75) is 45.8 Å². The largest absolute Gasteiger partial charge is 0.389 e. The van der Waals surface area contributed by atoms with Crippen molar-refractivity contribution in [2.75, 3.05) is 32.9 Å². The summed E-state index contributed by atoms with van der Waals surface area (Å²) < 4.78 is 10.8. The Bertz CT molecular complexity index is 157. The summed E-state index contributed by atoms with van der Waals surface area (Å²) in [4.78, 5) is 0. The number of nitrogens with one attached hydrogen (secondary N) is 1. The zero-order valence-corrected chi connectivity index (χ0v) is 11.1. The topological polar surface area (TPSA) is 50.7 Å². The van der Waals surface area contributed by atoms with Crippen LogP contribution in [0.4, 0.5) is 0 Å². The lowest BCUT2D eigenvalue weighted by Gasteiger charge is -2.19. The van der Waals surface area contributed by atoms with Gasteiger partial charge in [-0.25, -0.2) is 0 Å². The SMILES string of the molecule is CCCNCC(O)COCCOC(C)(C)C. The van der Waals surface area contributed by atoms with E-state index in [0.29, 0.717) is 26.4 Å². The molecule has 4 nitrogen and oxygen atoms in total. The van der Waals surface area contributed by atoms with Gasteiger partial charge in [-0.05, 0) is 33.7 Å². The third-order valence-corrected chi connectivity index (χ3v) is 1.88. The third kappa shape index (κ3) is 11.9. The molecule has 4 heteroatoms. The van der Waals surface area contributed by atoms with Crippen LogP contribution in [0.5, 0.6) is 0 Å². The van der Waals surface area contributed by atoms with Crippen molar-refractivity contribution in [3.63, 3.8) is 0 Å². The molecule has 0 aromatic heterocycles. The highest BCUT2D eigenvalue weighted by Gasteiger charge is 2.09. The molecule has 98 valence electrons. The summed E-state index contributed by atoms with van der Waals surface area (Å²) in [5.41, 5.74) is -0.120. The van der Waals surface area contributed by atoms with Gasteiger partial charge in [0.25, 0.3) is 0 Å². The van der Waals surface area contributed by atoms with E-state index >= 15 is 0 Å². The van der Waals surface area contributed by atoms with Gasteiger partial charge in [0.05, 0.1) is 31.5 Å². The van der Waals surface area contributed by atoms with Crippen LogP contribution < -0.4 is 5.32 Å². The monoisotopic (exact) mass is 233 g/mol. The van der Waals surface area contributed by atoms with Crippen molar-refractivity contribution in [2.24, 2.45) is 0 Å². The molecule has 0 radical (unpaired) electrons. The average molecular weight is 233 g/mol. The van der Waals surface area contributed by atoms with Crippen molar-refractivity contribution in [1.29, 1.82) is 0 Å². The van der Waals surface area contributed by atoms with Gasteiger partial charge in [0.1, 0.15) is 0 Å². The first-order valence-electron chi connectivity index (χ1n) is 6.06. The Labute approximate surface area is 99.3 Å². The Morgan fingerprint density at radius 2 is 1.94 bits per heavy atom. The first-order chi connectivity index (χ1) is 7.45. The van der Waals surface area contributed by atoms with Crippen molar-refractivity contribution in [3.8, 4) is 0 Å². The Hall–Kier alpha value is -0.160. The van der Waals surface area contributed by atoms with Crippen LogP contribution in [0.2, 0.25) is 0 Å². The fraction of sp³-hybridized carbons (Fsp3) is 1.00. The van der Waals surface area contributed by atoms with Crippen molar-refractivity contribution in [1.82, 2.24) is 5.32 Å². The predicted octanol–water partition coefficient (Wildman–Crippen LogP) is 1.18. The highest BCUT2D eigenvalue weighted by Crippen LogP contribution is 2.05. The Kier molecular flexibility index (Phi) is 8.84. The fourth-order valence-electron chi connectivity index (χ4n) is 1.13. The van der Waals surface area contributed by atoms with Crippen LogP contribution >= 0.6 is 0 Å². The summed E-state index contributed by atoms with van der Waals surface area (Å²) in [6.45, 7) is 11.1. The van der Waals surface area contributed by atoms with Crippen LogP contribution in [-0.2, 0) is 9.47 Å². The standard InChI is InChI=1S/C12H27NO3/c1-5-6-13-9-11(14)10-15-7-8-16-12(2,3)4/h11,13-14H,5-10H2,1-4H3. The molecule has 0 heterocycles. The van der Waals surface area contributed by atoms with E-state index in [1.165, 1.54) is 0 Å². The van der Waals surface area contributed by atoms with Crippen LogP contribution in [0.25, 0.3) is 0 Å². The molecule has 0 bridgehead atoms. The second kappa shape index (κ2) is 8.93. The van der Waals surface area contributed by atoms with E-state index < -0.39 is 6.10 Å². The van der Waals surface area contributed by atoms with Gasteiger partial charge >= 0.3 is 0 Å². The lowest BCUT2D eigenvalue weighted by Crippen LogP contribution is -2.31. The molecule has 0 spiro atoms. The van der Waals surface area contributed by atoms with Gasteiger partial charge < -0.3 is 19.9 Å². The summed E-state index contributed by atoms with van der Waals surface area (Å²) in [5.74, 6) is 0. The fourth-order valence-corrected chi connectivity index (χ4v) is 1.13. The number of rotatable bonds is 9. The molecular formula is C12H27NO3. The van der Waals surface area contributed by atoms with Crippen LogP contribution in [0.1, 0.15) is 34.1 Å². The molecule has 2 N–H and O–H groups in total. The molecular weight excluding hydrogens is 206 g/mol. The molecule has 0 aliphatic carbocycles. The van der Waals surface area contributed by atoms with Crippen LogP contribution in [-0.4, -0.2) is 49.7 Å². The molecule has 0 aliphatic rings. The smallest absolute Gasteiger partial charge is 0.0897 e. The first kappa shape index (κ1) is 15.8. The van der Waals surface area contributed by atoms with E-state index in [0.717, 1.165) is 13.0 Å². The summed E-state index contributed by atoms with van der Waals surface area (Å²) >= 11 is 0. The van der Waals surface area contributed by atoms with E-state index in [4.69, 9.17) is 9.47 Å². The Morgan fingerprint density at radius 1 is 1.25 bits per heavy atom. The zero-order valence-electron chi connectivity index (χ0n) is 11.1. The van der Waals surface area contributed by atoms with Gasteiger partial charge in [0.2, 0.25) is 0 Å². The van der Waals surface area contributed by atoms with E-state index in [1.807, 2.05) is 20.8 Å². The molecule has 1 atom stereocenters. The maximum absolute atomic E-state index is 9.51. The minimum atomic E-state index is -0.429. The summed E-state index contributed by atoms with van der Waals surface area (Å²) in [6.07, 6.45) is 0.647.